The molecule has 1 rings (SSSR count). The van der Waals surface area contributed by atoms with E-state index < -0.39 is 0 Å². The molecule has 0 aliphatic rings. The van der Waals surface area contributed by atoms with E-state index in [4.69, 9.17) is 22.1 Å². The summed E-state index contributed by atoms with van der Waals surface area (Å²) >= 11 is 5.35. The molecule has 0 spiro atoms. The van der Waals surface area contributed by atoms with Gasteiger partial charge in [-0.2, -0.15) is 0 Å². The van der Waals surface area contributed by atoms with Gasteiger partial charge in [-0.05, 0) is 23.8 Å². The zero-order valence-corrected chi connectivity index (χ0v) is 8.00. The highest BCUT2D eigenvalue weighted by atomic mass is 35.5. The van der Waals surface area contributed by atoms with Crippen molar-refractivity contribution in [3.8, 4) is 5.75 Å². The van der Waals surface area contributed by atoms with Crippen LogP contribution in [0.5, 0.6) is 5.75 Å². The van der Waals surface area contributed by atoms with Crippen LogP contribution in [-0.2, 0) is 6.54 Å². The van der Waals surface area contributed by atoms with Gasteiger partial charge in [-0.15, -0.1) is 0 Å². The first-order valence-electron chi connectivity index (χ1n) is 4.04. The van der Waals surface area contributed by atoms with E-state index in [-0.39, 0.29) is 0 Å². The van der Waals surface area contributed by atoms with Gasteiger partial charge in [-0.3, -0.25) is 0 Å². The van der Waals surface area contributed by atoms with Crippen molar-refractivity contribution in [3.05, 3.63) is 41.4 Å². The maximum atomic E-state index is 5.48. The molecule has 0 amide bonds. The SMILES string of the molecule is NCc1cccc(OC/C=C/Cl)c1. The molecular weight excluding hydrogens is 186 g/mol. The summed E-state index contributed by atoms with van der Waals surface area (Å²) in [5, 5.41) is 0. The fourth-order valence-electron chi connectivity index (χ4n) is 0.943. The predicted molar refractivity (Wildman–Crippen MR) is 54.8 cm³/mol. The average molecular weight is 198 g/mol. The first-order valence-corrected chi connectivity index (χ1v) is 4.47. The smallest absolute Gasteiger partial charge is 0.120 e. The number of ether oxygens (including phenoxy) is 1. The van der Waals surface area contributed by atoms with E-state index in [1.807, 2.05) is 24.3 Å². The van der Waals surface area contributed by atoms with Crippen LogP contribution in [0.4, 0.5) is 0 Å². The number of hydrogen-bond acceptors (Lipinski definition) is 2. The third-order valence-electron chi connectivity index (χ3n) is 1.57. The van der Waals surface area contributed by atoms with Gasteiger partial charge in [0.15, 0.2) is 0 Å². The Balaban J connectivity index is 2.56. The molecule has 0 aliphatic carbocycles. The lowest BCUT2D eigenvalue weighted by molar-refractivity contribution is 0.362. The Bertz CT molecular complexity index is 286. The topological polar surface area (TPSA) is 35.2 Å². The van der Waals surface area contributed by atoms with Crippen LogP contribution < -0.4 is 10.5 Å². The second kappa shape index (κ2) is 5.62. The second-order valence-electron chi connectivity index (χ2n) is 2.52. The summed E-state index contributed by atoms with van der Waals surface area (Å²) in [5.74, 6) is 0.817. The summed E-state index contributed by atoms with van der Waals surface area (Å²) < 4.78 is 5.36. The molecular formula is C10H12ClNO. The van der Waals surface area contributed by atoms with Crippen molar-refractivity contribution >= 4 is 11.6 Å². The minimum absolute atomic E-state index is 0.484. The van der Waals surface area contributed by atoms with Crippen LogP contribution in [0.15, 0.2) is 35.9 Å². The molecule has 0 radical (unpaired) electrons. The zero-order valence-electron chi connectivity index (χ0n) is 7.24. The van der Waals surface area contributed by atoms with Crippen molar-refractivity contribution in [2.45, 2.75) is 6.54 Å². The van der Waals surface area contributed by atoms with Crippen LogP contribution in [0.1, 0.15) is 5.56 Å². The molecule has 2 N–H and O–H groups in total. The van der Waals surface area contributed by atoms with Gasteiger partial charge < -0.3 is 10.5 Å². The Hall–Kier alpha value is -0.990. The Morgan fingerprint density at radius 3 is 3.00 bits per heavy atom. The number of nitrogens with two attached hydrogens (primary N) is 1. The van der Waals surface area contributed by atoms with Crippen LogP contribution in [0.25, 0.3) is 0 Å². The Labute approximate surface area is 83.0 Å². The highest BCUT2D eigenvalue weighted by Crippen LogP contribution is 2.12. The van der Waals surface area contributed by atoms with Crippen molar-refractivity contribution in [1.29, 1.82) is 0 Å². The van der Waals surface area contributed by atoms with E-state index in [9.17, 15) is 0 Å². The maximum absolute atomic E-state index is 5.48. The molecule has 1 aromatic carbocycles. The molecule has 0 bridgehead atoms. The summed E-state index contributed by atoms with van der Waals surface area (Å²) in [5.41, 5.74) is 7.98. The van der Waals surface area contributed by atoms with Gasteiger partial charge in [0.05, 0.1) is 0 Å². The van der Waals surface area contributed by atoms with Gasteiger partial charge in [0.25, 0.3) is 0 Å². The number of benzene rings is 1. The molecule has 2 nitrogen and oxygen atoms in total. The van der Waals surface area contributed by atoms with Crippen molar-refractivity contribution in [2.24, 2.45) is 5.73 Å². The molecule has 0 saturated heterocycles. The Morgan fingerprint density at radius 2 is 2.31 bits per heavy atom. The number of hydrogen-bond donors (Lipinski definition) is 1. The third kappa shape index (κ3) is 3.49. The maximum Gasteiger partial charge on any atom is 0.120 e. The second-order valence-corrected chi connectivity index (χ2v) is 2.78. The molecule has 0 saturated carbocycles. The van der Waals surface area contributed by atoms with Crippen LogP contribution >= 0.6 is 11.6 Å². The Morgan fingerprint density at radius 1 is 1.46 bits per heavy atom. The summed E-state index contributed by atoms with van der Waals surface area (Å²) in [6, 6.07) is 7.69. The highest BCUT2D eigenvalue weighted by molar-refractivity contribution is 6.25. The van der Waals surface area contributed by atoms with Crippen LogP contribution in [0, 0.1) is 0 Å². The summed E-state index contributed by atoms with van der Waals surface area (Å²) in [6.07, 6.45) is 1.73. The normalized spacial score (nSPS) is 10.6. The first kappa shape index (κ1) is 10.1. The van der Waals surface area contributed by atoms with Gasteiger partial charge in [0, 0.05) is 12.1 Å². The lowest BCUT2D eigenvalue weighted by atomic mass is 10.2. The van der Waals surface area contributed by atoms with E-state index >= 15 is 0 Å². The van der Waals surface area contributed by atoms with Crippen molar-refractivity contribution in [1.82, 2.24) is 0 Å². The number of halogens is 1. The van der Waals surface area contributed by atoms with E-state index in [1.54, 1.807) is 6.08 Å². The van der Waals surface area contributed by atoms with Crippen LogP contribution in [0.3, 0.4) is 0 Å². The molecule has 3 heteroatoms. The van der Waals surface area contributed by atoms with Crippen molar-refractivity contribution in [3.63, 3.8) is 0 Å². The van der Waals surface area contributed by atoms with Crippen LogP contribution in [0.2, 0.25) is 0 Å². The number of rotatable bonds is 4. The van der Waals surface area contributed by atoms with Gasteiger partial charge in [-0.25, -0.2) is 0 Å². The van der Waals surface area contributed by atoms with E-state index in [0.29, 0.717) is 13.2 Å². The first-order chi connectivity index (χ1) is 6.36. The standard InChI is InChI=1S/C10H12ClNO/c11-5-2-6-13-10-4-1-3-9(7-10)8-12/h1-5,7H,6,8,12H2/b5-2+. The summed E-state index contributed by atoms with van der Waals surface area (Å²) in [4.78, 5) is 0. The predicted octanol–water partition coefficient (Wildman–Crippen LogP) is 2.28. The quantitative estimate of drug-likeness (QED) is 0.804. The molecule has 70 valence electrons. The molecule has 0 aliphatic heterocycles. The fraction of sp³-hybridized carbons (Fsp3) is 0.200. The third-order valence-corrected chi connectivity index (χ3v) is 1.75. The molecule has 1 aromatic rings. The highest BCUT2D eigenvalue weighted by Gasteiger charge is 1.93. The van der Waals surface area contributed by atoms with E-state index in [0.717, 1.165) is 11.3 Å². The zero-order chi connectivity index (χ0) is 9.52. The average Bonchev–Trinajstić information content (AvgIpc) is 2.19. The van der Waals surface area contributed by atoms with Crippen molar-refractivity contribution < 1.29 is 4.74 Å². The monoisotopic (exact) mass is 197 g/mol. The Kier molecular flexibility index (Phi) is 4.36. The minimum atomic E-state index is 0.484. The molecule has 13 heavy (non-hydrogen) atoms. The largest absolute Gasteiger partial charge is 0.489 e. The van der Waals surface area contributed by atoms with Gasteiger partial charge in [0.1, 0.15) is 12.4 Å². The lowest BCUT2D eigenvalue weighted by Gasteiger charge is -2.04. The lowest BCUT2D eigenvalue weighted by Crippen LogP contribution is -1.98. The minimum Gasteiger partial charge on any atom is -0.489 e. The fourth-order valence-corrected chi connectivity index (χ4v) is 1.02. The van der Waals surface area contributed by atoms with Crippen molar-refractivity contribution in [2.75, 3.05) is 6.61 Å². The van der Waals surface area contributed by atoms with Crippen LogP contribution in [-0.4, -0.2) is 6.61 Å². The molecule has 0 aromatic heterocycles. The van der Waals surface area contributed by atoms with Gasteiger partial charge in [0.2, 0.25) is 0 Å². The molecule has 0 heterocycles. The van der Waals surface area contributed by atoms with Gasteiger partial charge >= 0.3 is 0 Å². The van der Waals surface area contributed by atoms with E-state index in [1.165, 1.54) is 5.54 Å². The summed E-state index contributed by atoms with van der Waals surface area (Å²) in [6.45, 7) is 1.01. The molecule has 0 unspecified atom stereocenters. The molecule has 0 fully saturated rings. The van der Waals surface area contributed by atoms with Gasteiger partial charge in [-0.1, -0.05) is 23.7 Å². The summed E-state index contributed by atoms with van der Waals surface area (Å²) in [7, 11) is 0. The van der Waals surface area contributed by atoms with E-state index in [2.05, 4.69) is 0 Å². The molecule has 0 atom stereocenters.